The standard InChI is InChI=1S/C34H51F3N4O9S2.C22H18F3N9O5S2.C19H23N3O3.C15H12F3N7O3S2/c1-4-5-6-7-8-9-16-46-17-18-47-19-20-48-21-22-49-23-24-51-25-31(42)38-32-26(2)10-15-30(27(32)3)52(44,45)50-41-29-13-11-28(12-14-29)39-40-33(43)34(35,36)37;23-22(24,25)19(35)29-28-13-7-9-14(10-8-13)31-39-41(37,38)18-6-2-4-16(12-18)27-20(36)26-15-3-1-5-17(11-15)34-21(40)30-32-33-34;1-4-17(25-18-10-5-13(2)11-14(18)3)19(24)21-15-6-8-16(9-7-15)22-20-12-23;16-15(17,18)13(26)20-19-9-4-6-10(7-5-9)22-30(27,28)12-3-1-2-11(8-12)25-14(29)21-23-24-25/h10-15,39,41H,4-9,16-25H2,1-3H3,(H,38,42)(H,40,43);1-12,28,31H,(H,29,35)(H2,26,27,36)(H,30,33,40);5-12,17,22H,4H2,1-3H3,(H,20,23)(H,21,24);1-8,19,22H,(H,20,26)(H,21,24,29). The van der Waals surface area contributed by atoms with Crippen molar-refractivity contribution in [1.29, 1.82) is 0 Å². The van der Waals surface area contributed by atoms with Crippen molar-refractivity contribution >= 4 is 171 Å². The van der Waals surface area contributed by atoms with E-state index in [4.69, 9.17) is 56.7 Å². The maximum Gasteiger partial charge on any atom is 0.472 e. The number of hydrogen-bond donors (Lipinski definition) is 17. The summed E-state index contributed by atoms with van der Waals surface area (Å²) in [5, 5.41) is 30.3. The first-order valence-electron chi connectivity index (χ1n) is 44.2. The van der Waals surface area contributed by atoms with Gasteiger partial charge in [-0.25, -0.2) is 33.5 Å². The fraction of sp³-hybridized carbons (Fsp3) is 0.300. The van der Waals surface area contributed by atoms with Crippen LogP contribution in [0.25, 0.3) is 11.4 Å². The molecule has 8 amide bonds. The monoisotopic (exact) mass is 2190 g/mol. The molecular weight excluding hydrogens is 2090 g/mol. The zero-order valence-corrected chi connectivity index (χ0v) is 84.3. The molecule has 2 aromatic heterocycles. The molecule has 58 heteroatoms. The van der Waals surface area contributed by atoms with E-state index in [0.717, 1.165) is 24.2 Å². The van der Waals surface area contributed by atoms with Crippen molar-refractivity contribution < 1.29 is 131 Å². The fourth-order valence-electron chi connectivity index (χ4n) is 12.1. The largest absolute Gasteiger partial charge is 0.480 e. The summed E-state index contributed by atoms with van der Waals surface area (Å²) >= 11 is 11.4. The first-order valence-corrected chi connectivity index (χ1v) is 50.5. The number of nitrogens with one attached hydrogen (secondary N) is 17. The Kier molecular flexibility index (Phi) is 47.0. The smallest absolute Gasteiger partial charge is 0.472 e. The summed E-state index contributed by atoms with van der Waals surface area (Å²) in [6, 6.07) is 48.2. The molecular formula is C90H104F9N23O20S6. The zero-order chi connectivity index (χ0) is 108. The van der Waals surface area contributed by atoms with Gasteiger partial charge < -0.3 is 45.0 Å². The van der Waals surface area contributed by atoms with E-state index in [0.29, 0.717) is 110 Å². The first kappa shape index (κ1) is 119. The van der Waals surface area contributed by atoms with Gasteiger partial charge in [0.05, 0.1) is 107 Å². The number of tetrazole rings is 2. The number of hydrogen-bond acceptors (Lipinski definition) is 33. The molecule has 0 bridgehead atoms. The number of sulfonamides is 1. The molecule has 1 unspecified atom stereocenters. The number of benzene rings is 9. The van der Waals surface area contributed by atoms with Crippen LogP contribution in [0.5, 0.6) is 5.75 Å². The van der Waals surface area contributed by atoms with Crippen molar-refractivity contribution in [3.63, 3.8) is 0 Å². The predicted octanol–water partition coefficient (Wildman–Crippen LogP) is 15.2. The third-order valence-corrected chi connectivity index (χ3v) is 24.7. The number of ether oxygens (including phenoxy) is 5. The van der Waals surface area contributed by atoms with Gasteiger partial charge in [0.25, 0.3) is 15.9 Å². The second-order valence-electron chi connectivity index (χ2n) is 30.8. The molecule has 0 radical (unpaired) electrons. The lowest BCUT2D eigenvalue weighted by Crippen LogP contribution is -2.40. The molecule has 798 valence electrons. The minimum Gasteiger partial charge on any atom is -0.480 e. The van der Waals surface area contributed by atoms with Crippen LogP contribution >= 0.6 is 36.2 Å². The lowest BCUT2D eigenvalue weighted by molar-refractivity contribution is -0.173. The fourth-order valence-corrected chi connectivity index (χ4v) is 16.1. The zero-order valence-electron chi connectivity index (χ0n) is 79.4. The average molecular weight is 2190 g/mol. The Bertz CT molecular complexity index is 6690. The molecule has 0 fully saturated rings. The second kappa shape index (κ2) is 58.7. The van der Waals surface area contributed by atoms with Gasteiger partial charge in [0.2, 0.25) is 21.9 Å². The van der Waals surface area contributed by atoms with E-state index in [1.807, 2.05) is 39.0 Å². The Hall–Kier alpha value is -14.6. The molecule has 0 aliphatic rings. The van der Waals surface area contributed by atoms with Crippen LogP contribution in [-0.2, 0) is 86.5 Å². The molecule has 0 aliphatic carbocycles. The van der Waals surface area contributed by atoms with Crippen molar-refractivity contribution in [2.75, 3.05) is 123 Å². The van der Waals surface area contributed by atoms with E-state index in [1.165, 1.54) is 204 Å². The van der Waals surface area contributed by atoms with Crippen LogP contribution in [0.3, 0.4) is 0 Å². The van der Waals surface area contributed by atoms with E-state index >= 15 is 0 Å². The van der Waals surface area contributed by atoms with Gasteiger partial charge in [-0.15, -0.1) is 20.3 Å². The number of alkyl halides is 9. The second-order valence-corrected chi connectivity index (χ2v) is 37.4. The van der Waals surface area contributed by atoms with Gasteiger partial charge in [0, 0.05) is 40.8 Å². The van der Waals surface area contributed by atoms with Crippen LogP contribution in [0.4, 0.5) is 107 Å². The number of thioether (sulfide) groups is 1. The third kappa shape index (κ3) is 41.0. The van der Waals surface area contributed by atoms with E-state index in [1.54, 1.807) is 61.5 Å². The lowest BCUT2D eigenvalue weighted by Gasteiger charge is -2.19. The SMILES string of the molecule is CCC(Oc1ccc(C)cc1C)C(=O)Nc1ccc(NNC=O)cc1.CCCCCCCCOCCOCCOCCOCCSCC(=O)Nc1c(C)ccc(S(=O)(=O)ONc2ccc(NNC(=O)C(F)(F)F)cc2)c1C.O=C(NNc1ccc(NS(=O)(=O)c2cccc(-n3[nH]nnc3=S)c2)cc1)C(F)(F)F.O=C(Nc1cccc(-n2[nH]nnc2=S)c1)Nc1cccc(S(=O)(=O)ONc2ccc(NNC(=O)C(F)(F)F)cc2)c1. The van der Waals surface area contributed by atoms with Crippen LogP contribution in [0, 0.1) is 37.2 Å². The lowest BCUT2D eigenvalue weighted by atomic mass is 10.1. The summed E-state index contributed by atoms with van der Waals surface area (Å²) in [7, 11) is -12.7. The first-order chi connectivity index (χ1) is 70.3. The number of hydrazine groups is 4. The van der Waals surface area contributed by atoms with Crippen molar-refractivity contribution in [2.24, 2.45) is 0 Å². The normalized spacial score (nSPS) is 11.6. The highest BCUT2D eigenvalue weighted by molar-refractivity contribution is 8.00. The number of amides is 8. The summed E-state index contributed by atoms with van der Waals surface area (Å²) in [5.74, 6) is -5.64. The molecule has 43 nitrogen and oxygen atoms in total. The maximum atomic E-state index is 13.0. The van der Waals surface area contributed by atoms with Gasteiger partial charge in [0.1, 0.15) is 10.6 Å². The number of H-pyrrole nitrogens is 2. The topological polar surface area (TPSA) is 560 Å². The van der Waals surface area contributed by atoms with Crippen molar-refractivity contribution in [3.05, 3.63) is 232 Å². The summed E-state index contributed by atoms with van der Waals surface area (Å²) < 4.78 is 230. The van der Waals surface area contributed by atoms with Crippen LogP contribution in [0.2, 0.25) is 0 Å². The molecule has 0 saturated heterocycles. The molecule has 1 atom stereocenters. The predicted molar refractivity (Wildman–Crippen MR) is 537 cm³/mol. The number of carbonyl (C=O) groups is 7. The van der Waals surface area contributed by atoms with Crippen molar-refractivity contribution in [2.45, 2.75) is 126 Å². The van der Waals surface area contributed by atoms with Gasteiger partial charge in [-0.3, -0.25) is 76.9 Å². The number of carbonyl (C=O) groups excluding carboxylic acids is 7. The molecule has 2 heterocycles. The molecule has 11 aromatic rings. The highest BCUT2D eigenvalue weighted by Gasteiger charge is 2.41. The Labute approximate surface area is 856 Å². The third-order valence-electron chi connectivity index (χ3n) is 19.5. The molecule has 0 saturated carbocycles. The number of halogens is 9. The maximum absolute atomic E-state index is 13.0. The van der Waals surface area contributed by atoms with Crippen molar-refractivity contribution in [1.82, 2.24) is 62.1 Å². The molecule has 9 aromatic carbocycles. The number of aryl methyl sites for hydroxylation is 3. The van der Waals surface area contributed by atoms with E-state index in [-0.39, 0.29) is 87.2 Å². The van der Waals surface area contributed by atoms with E-state index < -0.39 is 78.6 Å². The number of unbranched alkanes of at least 4 members (excludes halogenated alkanes) is 5. The highest BCUT2D eigenvalue weighted by Crippen LogP contribution is 2.32. The summed E-state index contributed by atoms with van der Waals surface area (Å²) in [4.78, 5) is 79.9. The molecule has 148 heavy (non-hydrogen) atoms. The summed E-state index contributed by atoms with van der Waals surface area (Å²) in [5.41, 5.74) is 27.2. The van der Waals surface area contributed by atoms with Crippen LogP contribution in [0.15, 0.2) is 215 Å². The van der Waals surface area contributed by atoms with Crippen LogP contribution in [-0.4, -0.2) is 197 Å². The average Bonchev–Trinajstić information content (AvgIpc) is 1.24. The Balaban J connectivity index is 0.000000249. The number of anilines is 11. The van der Waals surface area contributed by atoms with Gasteiger partial charge in [-0.05, 0) is 245 Å². The van der Waals surface area contributed by atoms with E-state index in [2.05, 4.69) is 102 Å². The van der Waals surface area contributed by atoms with Gasteiger partial charge in [0.15, 0.2) is 6.10 Å². The number of nitrogens with zero attached hydrogens (tertiary/aromatic N) is 6. The Morgan fingerprint density at radius 3 is 1.39 bits per heavy atom. The van der Waals surface area contributed by atoms with Gasteiger partial charge in [-0.1, -0.05) is 109 Å². The number of aromatic amines is 2. The minimum atomic E-state index is -5.06. The van der Waals surface area contributed by atoms with Crippen LogP contribution < -0.4 is 85.1 Å². The van der Waals surface area contributed by atoms with Gasteiger partial charge >= 0.3 is 62.5 Å². The Morgan fingerprint density at radius 1 is 0.453 bits per heavy atom. The number of rotatable bonds is 51. The summed E-state index contributed by atoms with van der Waals surface area (Å²) in [6.07, 6.45) is -7.19. The number of urea groups is 1. The molecule has 0 aliphatic heterocycles. The quantitative estimate of drug-likeness (QED) is 0.00553. The summed E-state index contributed by atoms with van der Waals surface area (Å²) in [6.45, 7) is 15.5. The number of aromatic nitrogens is 8. The van der Waals surface area contributed by atoms with Crippen LogP contribution in [0.1, 0.15) is 81.0 Å². The van der Waals surface area contributed by atoms with Gasteiger partial charge in [-0.2, -0.15) is 66.8 Å². The Morgan fingerprint density at radius 2 is 0.899 bits per heavy atom. The molecule has 11 rings (SSSR count). The molecule has 0 spiro atoms. The minimum absolute atomic E-state index is 0.0730. The molecule has 17 N–H and O–H groups in total. The highest BCUT2D eigenvalue weighted by atomic mass is 32.2. The van der Waals surface area contributed by atoms with Crippen molar-refractivity contribution in [3.8, 4) is 17.1 Å². The van der Waals surface area contributed by atoms with E-state index in [9.17, 15) is 98.3 Å².